The number of hydrogen-bond donors (Lipinski definition) is 3. The van der Waals surface area contributed by atoms with Crippen molar-refractivity contribution in [3.05, 3.63) is 0 Å². The standard InChI is InChI=1S/C13H20N4O3/c1-6-3-8-9(4-7(6)5-18)17(2)11-10(14-8)12(19)16-13(20)15-11/h5-11,14H,3-4H2,1-2H3,(H2,15,16,19,20). The predicted molar refractivity (Wildman–Crippen MR) is 70.7 cm³/mol. The van der Waals surface area contributed by atoms with E-state index in [4.69, 9.17) is 0 Å². The average Bonchev–Trinajstić information content (AvgIpc) is 2.40. The molecule has 3 aliphatic rings. The lowest BCUT2D eigenvalue weighted by Gasteiger charge is -2.53. The minimum Gasteiger partial charge on any atom is -0.320 e. The highest BCUT2D eigenvalue weighted by molar-refractivity contribution is 6.00. The van der Waals surface area contributed by atoms with Gasteiger partial charge in [-0.3, -0.25) is 20.3 Å². The highest BCUT2D eigenvalue weighted by Gasteiger charge is 2.49. The molecule has 0 aromatic rings. The number of carbonyl (C=O) groups is 3. The molecule has 0 bridgehead atoms. The van der Waals surface area contributed by atoms with E-state index in [0.717, 1.165) is 19.1 Å². The lowest BCUT2D eigenvalue weighted by atomic mass is 9.73. The molecule has 2 heterocycles. The number of nitrogens with one attached hydrogen (secondary N) is 3. The van der Waals surface area contributed by atoms with Gasteiger partial charge in [-0.2, -0.15) is 0 Å². The van der Waals surface area contributed by atoms with Crippen LogP contribution in [0.25, 0.3) is 0 Å². The van der Waals surface area contributed by atoms with Crippen molar-refractivity contribution in [2.24, 2.45) is 11.8 Å². The number of likely N-dealkylation sites (N-methyl/N-ethyl adjacent to an activating group) is 1. The Morgan fingerprint density at radius 3 is 2.75 bits per heavy atom. The quantitative estimate of drug-likeness (QED) is 0.538. The first-order valence-corrected chi connectivity index (χ1v) is 7.06. The van der Waals surface area contributed by atoms with Crippen LogP contribution in [0.4, 0.5) is 4.79 Å². The van der Waals surface area contributed by atoms with Gasteiger partial charge in [-0.25, -0.2) is 4.79 Å². The van der Waals surface area contributed by atoms with Gasteiger partial charge >= 0.3 is 6.03 Å². The third-order valence-corrected chi connectivity index (χ3v) is 4.98. The van der Waals surface area contributed by atoms with E-state index in [1.807, 2.05) is 11.9 Å². The summed E-state index contributed by atoms with van der Waals surface area (Å²) in [6.45, 7) is 2.08. The largest absolute Gasteiger partial charge is 0.322 e. The van der Waals surface area contributed by atoms with E-state index in [-0.39, 0.29) is 30.1 Å². The topological polar surface area (TPSA) is 90.5 Å². The molecule has 3 amide bonds. The first kappa shape index (κ1) is 13.5. The fourth-order valence-corrected chi connectivity index (χ4v) is 3.75. The van der Waals surface area contributed by atoms with Crippen LogP contribution in [-0.2, 0) is 9.59 Å². The molecule has 3 fully saturated rings. The molecule has 2 saturated heterocycles. The molecule has 20 heavy (non-hydrogen) atoms. The summed E-state index contributed by atoms with van der Waals surface area (Å²) in [5.41, 5.74) is 0. The molecule has 6 unspecified atom stereocenters. The maximum Gasteiger partial charge on any atom is 0.322 e. The first-order valence-electron chi connectivity index (χ1n) is 7.06. The van der Waals surface area contributed by atoms with Crippen LogP contribution in [0.2, 0.25) is 0 Å². The summed E-state index contributed by atoms with van der Waals surface area (Å²) in [6.07, 6.45) is 2.31. The van der Waals surface area contributed by atoms with Gasteiger partial charge in [0.2, 0.25) is 5.91 Å². The van der Waals surface area contributed by atoms with Crippen LogP contribution in [0.5, 0.6) is 0 Å². The van der Waals surface area contributed by atoms with Crippen molar-refractivity contribution in [2.45, 2.75) is 44.1 Å². The fourth-order valence-electron chi connectivity index (χ4n) is 3.75. The molecule has 1 saturated carbocycles. The van der Waals surface area contributed by atoms with Crippen molar-refractivity contribution in [1.82, 2.24) is 20.9 Å². The van der Waals surface area contributed by atoms with Gasteiger partial charge in [0.15, 0.2) is 0 Å². The van der Waals surface area contributed by atoms with Crippen molar-refractivity contribution in [3.8, 4) is 0 Å². The molecule has 6 atom stereocenters. The highest BCUT2D eigenvalue weighted by Crippen LogP contribution is 2.34. The molecule has 7 heteroatoms. The summed E-state index contributed by atoms with van der Waals surface area (Å²) < 4.78 is 0. The Bertz CT molecular complexity index is 455. The van der Waals surface area contributed by atoms with Gasteiger partial charge in [0.25, 0.3) is 0 Å². The van der Waals surface area contributed by atoms with Crippen molar-refractivity contribution in [2.75, 3.05) is 7.05 Å². The van der Waals surface area contributed by atoms with E-state index in [2.05, 4.69) is 22.9 Å². The number of hydrogen-bond acceptors (Lipinski definition) is 5. The van der Waals surface area contributed by atoms with Gasteiger partial charge in [0.05, 0.1) is 0 Å². The molecule has 0 aromatic carbocycles. The summed E-state index contributed by atoms with van der Waals surface area (Å²) in [5, 5.41) is 8.42. The minimum absolute atomic E-state index is 0.0465. The fraction of sp³-hybridized carbons (Fsp3) is 0.769. The van der Waals surface area contributed by atoms with Crippen molar-refractivity contribution < 1.29 is 14.4 Å². The van der Waals surface area contributed by atoms with Gasteiger partial charge in [0, 0.05) is 18.0 Å². The molecule has 0 aromatic heterocycles. The van der Waals surface area contributed by atoms with E-state index < -0.39 is 12.1 Å². The lowest BCUT2D eigenvalue weighted by Crippen LogP contribution is -2.78. The van der Waals surface area contributed by atoms with Crippen molar-refractivity contribution >= 4 is 18.2 Å². The molecular weight excluding hydrogens is 260 g/mol. The predicted octanol–water partition coefficient (Wildman–Crippen LogP) is -0.962. The zero-order valence-electron chi connectivity index (χ0n) is 11.6. The van der Waals surface area contributed by atoms with Gasteiger partial charge in [-0.1, -0.05) is 6.92 Å². The number of rotatable bonds is 1. The Hall–Kier alpha value is -1.47. The SMILES string of the molecule is CC1CC2NC3C(=O)NC(=O)NC3N(C)C2CC1C=O. The van der Waals surface area contributed by atoms with Crippen LogP contribution in [-0.4, -0.2) is 54.5 Å². The normalized spacial score (nSPS) is 44.9. The van der Waals surface area contributed by atoms with Gasteiger partial charge in [-0.15, -0.1) is 0 Å². The van der Waals surface area contributed by atoms with Crippen LogP contribution in [0, 0.1) is 11.8 Å². The maximum atomic E-state index is 11.9. The smallest absolute Gasteiger partial charge is 0.320 e. The number of urea groups is 1. The van der Waals surface area contributed by atoms with E-state index in [0.29, 0.717) is 5.92 Å². The number of nitrogens with zero attached hydrogens (tertiary/aromatic N) is 1. The molecular formula is C13H20N4O3. The first-order chi connectivity index (χ1) is 9.51. The molecule has 2 aliphatic heterocycles. The van der Waals surface area contributed by atoms with Gasteiger partial charge in [-0.05, 0) is 25.8 Å². The second-order valence-corrected chi connectivity index (χ2v) is 6.14. The summed E-state index contributed by atoms with van der Waals surface area (Å²) in [4.78, 5) is 36.6. The minimum atomic E-state index is -0.459. The summed E-state index contributed by atoms with van der Waals surface area (Å²) >= 11 is 0. The third kappa shape index (κ3) is 2.01. The molecule has 1 aliphatic carbocycles. The molecule has 110 valence electrons. The van der Waals surface area contributed by atoms with Crippen LogP contribution in [0.1, 0.15) is 19.8 Å². The maximum absolute atomic E-state index is 11.9. The van der Waals surface area contributed by atoms with Gasteiger partial charge in [0.1, 0.15) is 18.5 Å². The van der Waals surface area contributed by atoms with E-state index >= 15 is 0 Å². The molecule has 7 nitrogen and oxygen atoms in total. The van der Waals surface area contributed by atoms with Crippen molar-refractivity contribution in [1.29, 1.82) is 0 Å². The Labute approximate surface area is 117 Å². The number of fused-ring (bicyclic) bond motifs is 2. The van der Waals surface area contributed by atoms with Crippen LogP contribution in [0.15, 0.2) is 0 Å². The second-order valence-electron chi connectivity index (χ2n) is 6.14. The summed E-state index contributed by atoms with van der Waals surface area (Å²) in [6, 6.07) is -0.555. The van der Waals surface area contributed by atoms with E-state index in [1.165, 1.54) is 0 Å². The highest BCUT2D eigenvalue weighted by atomic mass is 16.2. The second kappa shape index (κ2) is 4.82. The van der Waals surface area contributed by atoms with Crippen LogP contribution in [0.3, 0.4) is 0 Å². The Morgan fingerprint density at radius 2 is 2.05 bits per heavy atom. The van der Waals surface area contributed by atoms with Crippen LogP contribution >= 0.6 is 0 Å². The van der Waals surface area contributed by atoms with Crippen LogP contribution < -0.4 is 16.0 Å². The Kier molecular flexibility index (Phi) is 3.25. The number of amides is 3. The molecule has 3 N–H and O–H groups in total. The van der Waals surface area contributed by atoms with E-state index in [9.17, 15) is 14.4 Å². The number of aldehydes is 1. The third-order valence-electron chi connectivity index (χ3n) is 4.98. The lowest BCUT2D eigenvalue weighted by molar-refractivity contribution is -0.131. The number of piperazine rings is 1. The summed E-state index contributed by atoms with van der Waals surface area (Å²) in [5.74, 6) is 0.0758. The van der Waals surface area contributed by atoms with Crippen molar-refractivity contribution in [3.63, 3.8) is 0 Å². The molecule has 0 spiro atoms. The number of imide groups is 1. The van der Waals surface area contributed by atoms with E-state index in [1.54, 1.807) is 0 Å². The number of carbonyl (C=O) groups excluding carboxylic acids is 3. The molecule has 3 rings (SSSR count). The molecule has 0 radical (unpaired) electrons. The zero-order chi connectivity index (χ0) is 14.4. The monoisotopic (exact) mass is 280 g/mol. The Balaban J connectivity index is 1.83. The zero-order valence-corrected chi connectivity index (χ0v) is 11.6. The Morgan fingerprint density at radius 1 is 1.30 bits per heavy atom. The summed E-state index contributed by atoms with van der Waals surface area (Å²) in [7, 11) is 1.91. The average molecular weight is 280 g/mol. The van der Waals surface area contributed by atoms with Gasteiger partial charge < -0.3 is 10.1 Å².